The Balaban J connectivity index is 2.44. The minimum Gasteiger partial charge on any atom is -0.354 e. The van der Waals surface area contributed by atoms with Gasteiger partial charge in [-0.05, 0) is 38.2 Å². The molecule has 1 atom stereocenters. The molecule has 0 aromatic carbocycles. The second-order valence-corrected chi connectivity index (χ2v) is 5.55. The van der Waals surface area contributed by atoms with Gasteiger partial charge in [-0.1, -0.05) is 13.8 Å². The summed E-state index contributed by atoms with van der Waals surface area (Å²) in [5, 5.41) is 7.26. The number of carbonyl (C=O) groups is 1. The van der Waals surface area contributed by atoms with Crippen molar-refractivity contribution in [3.8, 4) is 0 Å². The molecule has 0 aliphatic rings. The van der Waals surface area contributed by atoms with Crippen LogP contribution in [0.1, 0.15) is 37.2 Å². The Hall–Kier alpha value is -1.36. The molecule has 0 spiro atoms. The van der Waals surface area contributed by atoms with Gasteiger partial charge in [-0.25, -0.2) is 0 Å². The molecule has 0 saturated carbocycles. The van der Waals surface area contributed by atoms with Gasteiger partial charge in [-0.15, -0.1) is 0 Å². The summed E-state index contributed by atoms with van der Waals surface area (Å²) in [5.74, 6) is 0.372. The van der Waals surface area contributed by atoms with Crippen molar-refractivity contribution in [1.82, 2.24) is 15.1 Å². The van der Waals surface area contributed by atoms with E-state index in [-0.39, 0.29) is 5.91 Å². The quantitative estimate of drug-likeness (QED) is 0.809. The van der Waals surface area contributed by atoms with Crippen molar-refractivity contribution in [2.45, 2.75) is 46.6 Å². The first-order chi connectivity index (χ1) is 8.82. The highest BCUT2D eigenvalue weighted by Gasteiger charge is 2.15. The highest BCUT2D eigenvalue weighted by molar-refractivity contribution is 5.81. The van der Waals surface area contributed by atoms with Gasteiger partial charge in [-0.2, -0.15) is 5.10 Å². The zero-order chi connectivity index (χ0) is 14.6. The second kappa shape index (κ2) is 6.70. The monoisotopic (exact) mass is 266 g/mol. The fourth-order valence-corrected chi connectivity index (χ4v) is 2.24. The minimum absolute atomic E-state index is 0.0621. The number of rotatable bonds is 6. The lowest BCUT2D eigenvalue weighted by molar-refractivity contribution is -0.122. The third kappa shape index (κ3) is 4.35. The van der Waals surface area contributed by atoms with Crippen molar-refractivity contribution in [3.63, 3.8) is 0 Å². The number of aromatic nitrogens is 2. The molecule has 0 bridgehead atoms. The predicted octanol–water partition coefficient (Wildman–Crippen LogP) is 1.07. The van der Waals surface area contributed by atoms with Crippen LogP contribution in [0.5, 0.6) is 0 Å². The Kier molecular flexibility index (Phi) is 5.54. The molecule has 1 aromatic heterocycles. The van der Waals surface area contributed by atoms with Crippen molar-refractivity contribution >= 4 is 5.91 Å². The van der Waals surface area contributed by atoms with Crippen molar-refractivity contribution < 1.29 is 4.79 Å². The third-order valence-electron chi connectivity index (χ3n) is 3.40. The summed E-state index contributed by atoms with van der Waals surface area (Å²) in [6.07, 6.45) is 1.52. The Morgan fingerprint density at radius 1 is 1.42 bits per heavy atom. The Bertz CT molecular complexity index is 437. The molecule has 1 amide bonds. The molecular formula is C14H26N4O. The van der Waals surface area contributed by atoms with Gasteiger partial charge in [-0.3, -0.25) is 9.48 Å². The van der Waals surface area contributed by atoms with Crippen LogP contribution in [0.3, 0.4) is 0 Å². The van der Waals surface area contributed by atoms with Crippen LogP contribution >= 0.6 is 0 Å². The highest BCUT2D eigenvalue weighted by atomic mass is 16.2. The van der Waals surface area contributed by atoms with Crippen molar-refractivity contribution in [2.75, 3.05) is 6.54 Å². The molecule has 0 aliphatic heterocycles. The van der Waals surface area contributed by atoms with Crippen LogP contribution in [0.15, 0.2) is 0 Å². The number of nitrogens with zero attached hydrogens (tertiary/aromatic N) is 2. The van der Waals surface area contributed by atoms with Crippen molar-refractivity contribution in [1.29, 1.82) is 0 Å². The summed E-state index contributed by atoms with van der Waals surface area (Å²) in [5.41, 5.74) is 9.22. The van der Waals surface area contributed by atoms with Gasteiger partial charge in [0.2, 0.25) is 5.91 Å². The first-order valence-electron chi connectivity index (χ1n) is 6.85. The molecule has 5 nitrogen and oxygen atoms in total. The molecule has 1 aromatic rings. The zero-order valence-corrected chi connectivity index (χ0v) is 12.7. The maximum atomic E-state index is 11.8. The second-order valence-electron chi connectivity index (χ2n) is 5.55. The largest absolute Gasteiger partial charge is 0.354 e. The Morgan fingerprint density at radius 2 is 2.05 bits per heavy atom. The lowest BCUT2D eigenvalue weighted by atomic mass is 10.0. The molecule has 108 valence electrons. The molecule has 1 rings (SSSR count). The molecule has 0 unspecified atom stereocenters. The van der Waals surface area contributed by atoms with E-state index in [0.717, 1.165) is 24.2 Å². The zero-order valence-electron chi connectivity index (χ0n) is 12.7. The maximum absolute atomic E-state index is 11.8. The Morgan fingerprint density at radius 3 is 2.53 bits per heavy atom. The van der Waals surface area contributed by atoms with Gasteiger partial charge < -0.3 is 11.1 Å². The molecule has 5 heteroatoms. The maximum Gasteiger partial charge on any atom is 0.236 e. The number of hydrogen-bond acceptors (Lipinski definition) is 3. The van der Waals surface area contributed by atoms with Crippen LogP contribution in [0.4, 0.5) is 0 Å². The molecule has 0 fully saturated rings. The summed E-state index contributed by atoms with van der Waals surface area (Å²) >= 11 is 0. The first kappa shape index (κ1) is 15.7. The van der Waals surface area contributed by atoms with Gasteiger partial charge in [0.25, 0.3) is 0 Å². The van der Waals surface area contributed by atoms with Gasteiger partial charge in [0.15, 0.2) is 0 Å². The number of amides is 1. The molecule has 3 N–H and O–H groups in total. The van der Waals surface area contributed by atoms with Gasteiger partial charge in [0.05, 0.1) is 11.7 Å². The van der Waals surface area contributed by atoms with E-state index in [1.54, 1.807) is 0 Å². The van der Waals surface area contributed by atoms with Gasteiger partial charge in [0, 0.05) is 19.3 Å². The van der Waals surface area contributed by atoms with Crippen LogP contribution < -0.4 is 11.1 Å². The van der Waals surface area contributed by atoms with Gasteiger partial charge in [0.1, 0.15) is 0 Å². The van der Waals surface area contributed by atoms with Crippen LogP contribution in [0.25, 0.3) is 0 Å². The number of hydrogen-bond donors (Lipinski definition) is 2. The lowest BCUT2D eigenvalue weighted by Gasteiger charge is -2.14. The van der Waals surface area contributed by atoms with E-state index < -0.39 is 6.04 Å². The predicted molar refractivity (Wildman–Crippen MR) is 76.8 cm³/mol. The van der Waals surface area contributed by atoms with E-state index in [9.17, 15) is 4.79 Å². The normalized spacial score (nSPS) is 12.8. The lowest BCUT2D eigenvalue weighted by Crippen LogP contribution is -2.42. The molecular weight excluding hydrogens is 240 g/mol. The fourth-order valence-electron chi connectivity index (χ4n) is 2.24. The summed E-state index contributed by atoms with van der Waals surface area (Å²) in [7, 11) is 1.93. The summed E-state index contributed by atoms with van der Waals surface area (Å²) in [4.78, 5) is 11.8. The van der Waals surface area contributed by atoms with Crippen molar-refractivity contribution in [3.05, 3.63) is 17.0 Å². The Labute approximate surface area is 115 Å². The van der Waals surface area contributed by atoms with E-state index in [0.29, 0.717) is 12.5 Å². The topological polar surface area (TPSA) is 72.9 Å². The molecule has 1 heterocycles. The average molecular weight is 266 g/mol. The standard InChI is InChI=1S/C14H26N4O/c1-9(2)8-13(15)14(19)16-7-6-12-10(3)17-18(5)11(12)4/h9,13H,6-8,15H2,1-5H3,(H,16,19)/t13-/m0/s1. The van der Waals surface area contributed by atoms with E-state index in [4.69, 9.17) is 5.73 Å². The summed E-state index contributed by atoms with van der Waals surface area (Å²) in [6.45, 7) is 8.78. The number of aryl methyl sites for hydroxylation is 2. The van der Waals surface area contributed by atoms with Crippen LogP contribution in [0.2, 0.25) is 0 Å². The fraction of sp³-hybridized carbons (Fsp3) is 0.714. The van der Waals surface area contributed by atoms with Crippen LogP contribution in [-0.2, 0) is 18.3 Å². The molecule has 0 aliphatic carbocycles. The molecule has 0 saturated heterocycles. The van der Waals surface area contributed by atoms with E-state index >= 15 is 0 Å². The number of nitrogens with two attached hydrogens (primary N) is 1. The molecule has 0 radical (unpaired) electrons. The van der Waals surface area contributed by atoms with E-state index in [1.807, 2.05) is 25.6 Å². The smallest absolute Gasteiger partial charge is 0.236 e. The first-order valence-corrected chi connectivity index (χ1v) is 6.85. The number of carbonyl (C=O) groups excluding carboxylic acids is 1. The van der Waals surface area contributed by atoms with Crippen molar-refractivity contribution in [2.24, 2.45) is 18.7 Å². The third-order valence-corrected chi connectivity index (χ3v) is 3.40. The average Bonchev–Trinajstić information content (AvgIpc) is 2.54. The van der Waals surface area contributed by atoms with Crippen LogP contribution in [0, 0.1) is 19.8 Å². The van der Waals surface area contributed by atoms with E-state index in [2.05, 4.69) is 24.3 Å². The number of nitrogens with one attached hydrogen (secondary N) is 1. The van der Waals surface area contributed by atoms with Crippen LogP contribution in [-0.4, -0.2) is 28.3 Å². The summed E-state index contributed by atoms with van der Waals surface area (Å²) < 4.78 is 1.87. The highest BCUT2D eigenvalue weighted by Crippen LogP contribution is 2.11. The summed E-state index contributed by atoms with van der Waals surface area (Å²) in [6, 6.07) is -0.406. The SMILES string of the molecule is Cc1nn(C)c(C)c1CCNC(=O)[C@@H](N)CC(C)C. The molecule has 19 heavy (non-hydrogen) atoms. The minimum atomic E-state index is -0.406. The van der Waals surface area contributed by atoms with Gasteiger partial charge >= 0.3 is 0 Å². The van der Waals surface area contributed by atoms with E-state index in [1.165, 1.54) is 5.56 Å².